The zero-order valence-electron chi connectivity index (χ0n) is 11.0. The third kappa shape index (κ3) is 3.78. The molecule has 0 saturated carbocycles. The molecule has 1 heterocycles. The predicted octanol–water partition coefficient (Wildman–Crippen LogP) is 2.23. The molecule has 5 nitrogen and oxygen atoms in total. The number of nitrogens with one attached hydrogen (secondary N) is 1. The summed E-state index contributed by atoms with van der Waals surface area (Å²) in [6, 6.07) is 4.11. The molecule has 1 saturated heterocycles. The van der Waals surface area contributed by atoms with Gasteiger partial charge in [-0.1, -0.05) is 0 Å². The van der Waals surface area contributed by atoms with E-state index in [9.17, 15) is 23.1 Å². The summed E-state index contributed by atoms with van der Waals surface area (Å²) in [5.74, 6) is 0. The number of anilines is 1. The van der Waals surface area contributed by atoms with Crippen LogP contribution < -0.4 is 5.32 Å². The number of likely N-dealkylation sites (tertiary alicyclic amines) is 1. The number of nitrogens with zero attached hydrogens (tertiary/aromatic N) is 1. The van der Waals surface area contributed by atoms with E-state index >= 15 is 0 Å². The van der Waals surface area contributed by atoms with Gasteiger partial charge in [-0.3, -0.25) is 0 Å². The van der Waals surface area contributed by atoms with Gasteiger partial charge in [0.25, 0.3) is 0 Å². The molecule has 8 heteroatoms. The number of halogens is 3. The zero-order valence-corrected chi connectivity index (χ0v) is 11.0. The van der Waals surface area contributed by atoms with Gasteiger partial charge in [0.2, 0.25) is 0 Å². The smallest absolute Gasteiger partial charge is 0.416 e. The van der Waals surface area contributed by atoms with Gasteiger partial charge in [-0.25, -0.2) is 4.79 Å². The minimum atomic E-state index is -4.38. The van der Waals surface area contributed by atoms with E-state index in [0.29, 0.717) is 12.1 Å². The molecular weight excluding hydrogens is 289 g/mol. The van der Waals surface area contributed by atoms with Gasteiger partial charge in [0, 0.05) is 12.2 Å². The molecule has 21 heavy (non-hydrogen) atoms. The van der Waals surface area contributed by atoms with Crippen molar-refractivity contribution in [1.82, 2.24) is 4.90 Å². The third-order valence-corrected chi connectivity index (χ3v) is 3.42. The van der Waals surface area contributed by atoms with Crippen molar-refractivity contribution in [2.45, 2.75) is 24.7 Å². The topological polar surface area (TPSA) is 72.8 Å². The first-order valence-electron chi connectivity index (χ1n) is 6.37. The summed E-state index contributed by atoms with van der Waals surface area (Å²) in [6.45, 7) is 0.248. The van der Waals surface area contributed by atoms with Gasteiger partial charge in [0.1, 0.15) is 0 Å². The Balaban J connectivity index is 1.98. The fourth-order valence-corrected chi connectivity index (χ4v) is 2.24. The molecule has 0 aromatic heterocycles. The van der Waals surface area contributed by atoms with E-state index in [2.05, 4.69) is 5.32 Å². The number of hydrogen-bond acceptors (Lipinski definition) is 3. The van der Waals surface area contributed by atoms with Crippen molar-refractivity contribution in [3.8, 4) is 0 Å². The first kappa shape index (κ1) is 15.4. The van der Waals surface area contributed by atoms with Crippen molar-refractivity contribution in [3.05, 3.63) is 29.8 Å². The zero-order chi connectivity index (χ0) is 15.6. The van der Waals surface area contributed by atoms with E-state index in [4.69, 9.17) is 5.11 Å². The molecule has 1 unspecified atom stereocenters. The summed E-state index contributed by atoms with van der Waals surface area (Å²) in [4.78, 5) is 11.9. The van der Waals surface area contributed by atoms with E-state index in [1.54, 1.807) is 0 Å². The summed E-state index contributed by atoms with van der Waals surface area (Å²) in [5, 5.41) is 21.6. The first-order valence-corrected chi connectivity index (χ1v) is 6.37. The SMILES string of the molecule is O=C(O)N1CCC(Nc2ccc(C(F)(F)F)cc2)[C@H](O)C1. The highest BCUT2D eigenvalue weighted by atomic mass is 19.4. The standard InChI is InChI=1S/C13H15F3N2O3/c14-13(15,16)8-1-3-9(4-2-8)17-10-5-6-18(12(20)21)7-11(10)19/h1-4,10-11,17,19H,5-7H2,(H,20,21)/t10?,11-/m1/s1. The minimum absolute atomic E-state index is 0.0202. The molecule has 1 aliphatic heterocycles. The van der Waals surface area contributed by atoms with Crippen molar-refractivity contribution < 1.29 is 28.2 Å². The lowest BCUT2D eigenvalue weighted by Crippen LogP contribution is -2.51. The van der Waals surface area contributed by atoms with Crippen LogP contribution >= 0.6 is 0 Å². The van der Waals surface area contributed by atoms with Crippen molar-refractivity contribution in [2.24, 2.45) is 0 Å². The molecule has 3 N–H and O–H groups in total. The molecule has 1 amide bonds. The molecule has 1 aliphatic rings. The number of rotatable bonds is 2. The Labute approximate surface area is 119 Å². The number of carbonyl (C=O) groups is 1. The van der Waals surface area contributed by atoms with Crippen LogP contribution in [0.15, 0.2) is 24.3 Å². The highest BCUT2D eigenvalue weighted by Crippen LogP contribution is 2.30. The maximum Gasteiger partial charge on any atom is 0.416 e. The lowest BCUT2D eigenvalue weighted by molar-refractivity contribution is -0.137. The Hall–Kier alpha value is -1.96. The van der Waals surface area contributed by atoms with Crippen LogP contribution in [-0.2, 0) is 6.18 Å². The summed E-state index contributed by atoms with van der Waals surface area (Å²) in [6.07, 6.45) is -6.00. The number of piperidine rings is 1. The average molecular weight is 304 g/mol. The number of benzene rings is 1. The van der Waals surface area contributed by atoms with E-state index < -0.39 is 30.0 Å². The summed E-state index contributed by atoms with van der Waals surface area (Å²) >= 11 is 0. The number of amides is 1. The van der Waals surface area contributed by atoms with Gasteiger partial charge >= 0.3 is 12.3 Å². The fourth-order valence-electron chi connectivity index (χ4n) is 2.24. The first-order chi connectivity index (χ1) is 9.77. The normalized spacial score (nSPS) is 23.0. The van der Waals surface area contributed by atoms with Crippen LogP contribution in [0.2, 0.25) is 0 Å². The van der Waals surface area contributed by atoms with E-state index in [0.717, 1.165) is 17.0 Å². The highest BCUT2D eigenvalue weighted by Gasteiger charge is 2.31. The fraction of sp³-hybridized carbons (Fsp3) is 0.462. The molecule has 2 atom stereocenters. The average Bonchev–Trinajstić information content (AvgIpc) is 2.40. The molecule has 116 valence electrons. The van der Waals surface area contributed by atoms with Crippen molar-refractivity contribution in [1.29, 1.82) is 0 Å². The Morgan fingerprint density at radius 3 is 2.38 bits per heavy atom. The summed E-state index contributed by atoms with van der Waals surface area (Å²) in [7, 11) is 0. The molecule has 0 radical (unpaired) electrons. The second kappa shape index (κ2) is 5.80. The van der Waals surface area contributed by atoms with Crippen LogP contribution in [0.4, 0.5) is 23.7 Å². The van der Waals surface area contributed by atoms with Gasteiger partial charge in [-0.15, -0.1) is 0 Å². The Kier molecular flexibility index (Phi) is 4.26. The highest BCUT2D eigenvalue weighted by molar-refractivity contribution is 5.65. The van der Waals surface area contributed by atoms with E-state index in [-0.39, 0.29) is 13.1 Å². The molecule has 1 fully saturated rings. The lowest BCUT2D eigenvalue weighted by Gasteiger charge is -2.35. The molecule has 1 aromatic carbocycles. The minimum Gasteiger partial charge on any atom is -0.465 e. The van der Waals surface area contributed by atoms with Crippen LogP contribution in [0, 0.1) is 0 Å². The lowest BCUT2D eigenvalue weighted by atomic mass is 10.0. The second-order valence-corrected chi connectivity index (χ2v) is 4.91. The molecular formula is C13H15F3N2O3. The number of aliphatic hydroxyl groups excluding tert-OH is 1. The maximum absolute atomic E-state index is 12.4. The third-order valence-electron chi connectivity index (χ3n) is 3.42. The van der Waals surface area contributed by atoms with Crippen LogP contribution in [0.3, 0.4) is 0 Å². The predicted molar refractivity (Wildman–Crippen MR) is 69.1 cm³/mol. The number of hydrogen-bond donors (Lipinski definition) is 3. The van der Waals surface area contributed by atoms with Gasteiger partial charge in [0.05, 0.1) is 24.3 Å². The van der Waals surface area contributed by atoms with Crippen LogP contribution in [0.25, 0.3) is 0 Å². The van der Waals surface area contributed by atoms with E-state index in [1.165, 1.54) is 12.1 Å². The second-order valence-electron chi connectivity index (χ2n) is 4.91. The monoisotopic (exact) mass is 304 g/mol. The number of aliphatic hydroxyl groups is 1. The maximum atomic E-state index is 12.4. The molecule has 0 bridgehead atoms. The van der Waals surface area contributed by atoms with Crippen molar-refractivity contribution in [3.63, 3.8) is 0 Å². The number of alkyl halides is 3. The van der Waals surface area contributed by atoms with Gasteiger partial charge in [0.15, 0.2) is 0 Å². The van der Waals surface area contributed by atoms with Crippen molar-refractivity contribution >= 4 is 11.8 Å². The van der Waals surface area contributed by atoms with Crippen molar-refractivity contribution in [2.75, 3.05) is 18.4 Å². The number of carboxylic acid groups (broad SMARTS) is 1. The van der Waals surface area contributed by atoms with E-state index in [1.807, 2.05) is 0 Å². The molecule has 1 aromatic rings. The van der Waals surface area contributed by atoms with Gasteiger partial charge in [-0.2, -0.15) is 13.2 Å². The Bertz CT molecular complexity index is 504. The van der Waals surface area contributed by atoms with Crippen LogP contribution in [0.5, 0.6) is 0 Å². The number of β-amino-alcohol motifs (C(OH)–C–C–N with tert-alkyl or cyclic N) is 1. The Morgan fingerprint density at radius 2 is 1.90 bits per heavy atom. The largest absolute Gasteiger partial charge is 0.465 e. The Morgan fingerprint density at radius 1 is 1.29 bits per heavy atom. The summed E-state index contributed by atoms with van der Waals surface area (Å²) < 4.78 is 37.3. The quantitative estimate of drug-likeness (QED) is 0.783. The van der Waals surface area contributed by atoms with Gasteiger partial charge in [-0.05, 0) is 30.7 Å². The van der Waals surface area contributed by atoms with Crippen LogP contribution in [0.1, 0.15) is 12.0 Å². The molecule has 0 spiro atoms. The van der Waals surface area contributed by atoms with Gasteiger partial charge < -0.3 is 20.4 Å². The summed E-state index contributed by atoms with van der Waals surface area (Å²) in [5.41, 5.74) is -0.287. The molecule has 2 rings (SSSR count). The molecule has 0 aliphatic carbocycles. The van der Waals surface area contributed by atoms with Crippen LogP contribution in [-0.4, -0.2) is 46.4 Å².